The highest BCUT2D eigenvalue weighted by Crippen LogP contribution is 2.28. The molecule has 3 heterocycles. The highest BCUT2D eigenvalue weighted by atomic mass is 35.5. The van der Waals surface area contributed by atoms with E-state index in [0.29, 0.717) is 32.5 Å². The molecule has 3 amide bonds. The van der Waals surface area contributed by atoms with E-state index in [2.05, 4.69) is 10.1 Å². The average Bonchev–Trinajstić information content (AvgIpc) is 3.18. The molecule has 1 aromatic heterocycles. The van der Waals surface area contributed by atoms with Gasteiger partial charge in [-0.05, 0) is 37.0 Å². The average molecular weight is 612 g/mol. The fourth-order valence-electron chi connectivity index (χ4n) is 5.58. The number of benzene rings is 2. The molecule has 43 heavy (non-hydrogen) atoms. The molecule has 0 aliphatic carbocycles. The summed E-state index contributed by atoms with van der Waals surface area (Å²) >= 11 is 6.15. The van der Waals surface area contributed by atoms with Crippen LogP contribution >= 0.6 is 11.6 Å². The summed E-state index contributed by atoms with van der Waals surface area (Å²) in [4.78, 5) is 68.1. The summed E-state index contributed by atoms with van der Waals surface area (Å²) in [5.74, 6) is -1.74. The van der Waals surface area contributed by atoms with Gasteiger partial charge in [-0.3, -0.25) is 23.5 Å². The monoisotopic (exact) mass is 611 g/mol. The summed E-state index contributed by atoms with van der Waals surface area (Å²) in [6.07, 6.45) is 2.78. The number of nitrogens with zero attached hydrogens (tertiary/aromatic N) is 4. The number of methoxy groups -OCH3 is 1. The summed E-state index contributed by atoms with van der Waals surface area (Å²) in [6, 6.07) is 11.4. The van der Waals surface area contributed by atoms with Crippen LogP contribution in [0.2, 0.25) is 5.02 Å². The highest BCUT2D eigenvalue weighted by molar-refractivity contribution is 6.33. The van der Waals surface area contributed by atoms with Crippen LogP contribution in [0.5, 0.6) is 0 Å². The summed E-state index contributed by atoms with van der Waals surface area (Å²) in [6.45, 7) is 0.627. The number of esters is 1. The third-order valence-corrected chi connectivity index (χ3v) is 8.34. The van der Waals surface area contributed by atoms with Gasteiger partial charge in [-0.15, -0.1) is 0 Å². The molecule has 3 aromatic rings. The number of anilines is 1. The first kappa shape index (κ1) is 30.0. The smallest absolute Gasteiger partial charge is 0.331 e. The number of nitrogens with one attached hydrogen (secondary N) is 1. The molecule has 0 spiro atoms. The zero-order valence-electron chi connectivity index (χ0n) is 23.6. The standard InChI is InChI=1S/C30H31ClFN5O6/c1-43-26(39)12-16-37-28(40)22(21-6-4-7-23(32)27(21)31)17-35(30(37)42)18-25(38)34-13-10-20(11-14-34)36-15-9-19-5-2-3-8-24(19)33-29(36)41/h2-8,17,20H,9-16,18H2,1H3,(H,33,41). The third-order valence-electron chi connectivity index (χ3n) is 7.95. The normalized spacial score (nSPS) is 15.5. The molecule has 1 saturated heterocycles. The van der Waals surface area contributed by atoms with Gasteiger partial charge >= 0.3 is 17.7 Å². The largest absolute Gasteiger partial charge is 0.469 e. The minimum atomic E-state index is -0.797. The molecule has 2 aromatic carbocycles. The van der Waals surface area contributed by atoms with Crippen molar-refractivity contribution in [2.45, 2.75) is 44.8 Å². The molecule has 0 unspecified atom stereocenters. The Morgan fingerprint density at radius 1 is 1.02 bits per heavy atom. The predicted molar refractivity (Wildman–Crippen MR) is 157 cm³/mol. The van der Waals surface area contributed by atoms with E-state index < -0.39 is 23.0 Å². The number of piperidine rings is 1. The minimum Gasteiger partial charge on any atom is -0.469 e. The van der Waals surface area contributed by atoms with Gasteiger partial charge in [0.15, 0.2) is 0 Å². The van der Waals surface area contributed by atoms with E-state index in [1.807, 2.05) is 29.2 Å². The van der Waals surface area contributed by atoms with Gasteiger partial charge in [0, 0.05) is 49.7 Å². The van der Waals surface area contributed by atoms with Crippen molar-refractivity contribution in [3.8, 4) is 11.1 Å². The van der Waals surface area contributed by atoms with Gasteiger partial charge in [-0.2, -0.15) is 0 Å². The Morgan fingerprint density at radius 3 is 2.51 bits per heavy atom. The number of carbonyl (C=O) groups is 3. The van der Waals surface area contributed by atoms with Crippen LogP contribution in [-0.4, -0.2) is 69.6 Å². The second kappa shape index (κ2) is 12.8. The number of amides is 3. The number of ether oxygens (including phenoxy) is 1. The van der Waals surface area contributed by atoms with Gasteiger partial charge in [-0.25, -0.2) is 14.0 Å². The van der Waals surface area contributed by atoms with Crippen molar-refractivity contribution in [2.75, 3.05) is 32.1 Å². The van der Waals surface area contributed by atoms with Gasteiger partial charge in [0.25, 0.3) is 5.56 Å². The lowest BCUT2D eigenvalue weighted by atomic mass is 10.0. The van der Waals surface area contributed by atoms with Gasteiger partial charge < -0.3 is 19.9 Å². The third kappa shape index (κ3) is 6.34. The molecule has 2 aliphatic heterocycles. The quantitative estimate of drug-likeness (QED) is 0.410. The lowest BCUT2D eigenvalue weighted by Gasteiger charge is -2.38. The maximum Gasteiger partial charge on any atom is 0.331 e. The van der Waals surface area contributed by atoms with Crippen molar-refractivity contribution in [3.63, 3.8) is 0 Å². The Balaban J connectivity index is 1.33. The molecule has 1 fully saturated rings. The molecule has 0 radical (unpaired) electrons. The lowest BCUT2D eigenvalue weighted by Crippen LogP contribution is -2.51. The van der Waals surface area contributed by atoms with Crippen molar-refractivity contribution in [1.82, 2.24) is 18.9 Å². The Labute approximate surface area is 251 Å². The van der Waals surface area contributed by atoms with Crippen LogP contribution < -0.4 is 16.6 Å². The molecule has 0 saturated carbocycles. The molecule has 0 bridgehead atoms. The lowest BCUT2D eigenvalue weighted by molar-refractivity contribution is -0.141. The van der Waals surface area contributed by atoms with Crippen LogP contribution in [0.4, 0.5) is 14.9 Å². The van der Waals surface area contributed by atoms with Crippen molar-refractivity contribution in [3.05, 3.63) is 85.9 Å². The number of likely N-dealkylation sites (tertiary alicyclic amines) is 1. The molecule has 226 valence electrons. The molecule has 13 heteroatoms. The van der Waals surface area contributed by atoms with E-state index in [4.69, 9.17) is 11.6 Å². The van der Waals surface area contributed by atoms with Crippen LogP contribution in [-0.2, 0) is 33.8 Å². The zero-order valence-corrected chi connectivity index (χ0v) is 24.3. The van der Waals surface area contributed by atoms with Crippen molar-refractivity contribution < 1.29 is 23.5 Å². The first-order valence-corrected chi connectivity index (χ1v) is 14.3. The van der Waals surface area contributed by atoms with Gasteiger partial charge in [0.05, 0.1) is 24.1 Å². The number of para-hydroxylation sites is 1. The molecule has 1 N–H and O–H groups in total. The number of aromatic nitrogens is 2. The summed E-state index contributed by atoms with van der Waals surface area (Å²) in [7, 11) is 1.19. The van der Waals surface area contributed by atoms with Crippen LogP contribution in [0, 0.1) is 5.82 Å². The second-order valence-corrected chi connectivity index (χ2v) is 10.9. The number of rotatable bonds is 7. The summed E-state index contributed by atoms with van der Waals surface area (Å²) in [5.41, 5.74) is 0.271. The van der Waals surface area contributed by atoms with Crippen LogP contribution in [0.25, 0.3) is 11.1 Å². The summed E-state index contributed by atoms with van der Waals surface area (Å²) < 4.78 is 20.8. The SMILES string of the molecule is COC(=O)CCn1c(=O)c(-c2cccc(F)c2Cl)cn(CC(=O)N2CCC(N3CCc4ccccc4NC3=O)CC2)c1=O. The number of fused-ring (bicyclic) bond motifs is 1. The number of hydrogen-bond donors (Lipinski definition) is 1. The van der Waals surface area contributed by atoms with Gasteiger partial charge in [0.1, 0.15) is 12.4 Å². The maximum atomic E-state index is 14.3. The molecule has 11 nitrogen and oxygen atoms in total. The second-order valence-electron chi connectivity index (χ2n) is 10.5. The Bertz CT molecular complexity index is 1680. The Morgan fingerprint density at radius 2 is 1.77 bits per heavy atom. The minimum absolute atomic E-state index is 0.0527. The van der Waals surface area contributed by atoms with E-state index in [1.54, 1.807) is 4.90 Å². The van der Waals surface area contributed by atoms with Crippen LogP contribution in [0.3, 0.4) is 0 Å². The van der Waals surface area contributed by atoms with Crippen molar-refractivity contribution >= 4 is 35.2 Å². The highest BCUT2D eigenvalue weighted by Gasteiger charge is 2.31. The number of hydrogen-bond acceptors (Lipinski definition) is 6. The number of carbonyl (C=O) groups excluding carboxylic acids is 3. The molecular weight excluding hydrogens is 581 g/mol. The van der Waals surface area contributed by atoms with Crippen molar-refractivity contribution in [1.29, 1.82) is 0 Å². The summed E-state index contributed by atoms with van der Waals surface area (Å²) in [5, 5.41) is 2.67. The van der Waals surface area contributed by atoms with E-state index in [1.165, 1.54) is 25.4 Å². The topological polar surface area (TPSA) is 123 Å². The number of halogens is 2. The Kier molecular flexibility index (Phi) is 8.95. The van der Waals surface area contributed by atoms with Gasteiger partial charge in [-0.1, -0.05) is 41.9 Å². The fourth-order valence-corrected chi connectivity index (χ4v) is 5.80. The van der Waals surface area contributed by atoms with Gasteiger partial charge in [0.2, 0.25) is 5.91 Å². The molecular formula is C30H31ClFN5O6. The van der Waals surface area contributed by atoms with E-state index >= 15 is 0 Å². The first-order chi connectivity index (χ1) is 20.7. The fraction of sp³-hybridized carbons (Fsp3) is 0.367. The Hall–Kier alpha value is -4.45. The van der Waals surface area contributed by atoms with Crippen LogP contribution in [0.1, 0.15) is 24.8 Å². The molecule has 2 aliphatic rings. The van der Waals surface area contributed by atoms with E-state index in [9.17, 15) is 28.4 Å². The molecule has 5 rings (SSSR count). The molecule has 0 atom stereocenters. The zero-order chi connectivity index (χ0) is 30.7. The van der Waals surface area contributed by atoms with E-state index in [0.717, 1.165) is 32.9 Å². The van der Waals surface area contributed by atoms with E-state index in [-0.39, 0.29) is 53.6 Å². The number of urea groups is 1. The van der Waals surface area contributed by atoms with Crippen molar-refractivity contribution in [2.24, 2.45) is 0 Å². The maximum absolute atomic E-state index is 14.3. The first-order valence-electron chi connectivity index (χ1n) is 14.0. The van der Waals surface area contributed by atoms with Crippen LogP contribution in [0.15, 0.2) is 58.3 Å². The predicted octanol–water partition coefficient (Wildman–Crippen LogP) is 3.11.